The smallest absolute Gasteiger partial charge is 0.361 e. The molecule has 7 heteroatoms. The average Bonchev–Trinajstić information content (AvgIpc) is 2.67. The summed E-state index contributed by atoms with van der Waals surface area (Å²) >= 11 is 0. The molecule has 0 fully saturated rings. The summed E-state index contributed by atoms with van der Waals surface area (Å²) in [5.74, 6) is -1.93. The van der Waals surface area contributed by atoms with E-state index in [0.29, 0.717) is 11.1 Å². The summed E-state index contributed by atoms with van der Waals surface area (Å²) in [6, 6.07) is 16.5. The lowest BCUT2D eigenvalue weighted by Crippen LogP contribution is -2.37. The van der Waals surface area contributed by atoms with Gasteiger partial charge in [0.25, 0.3) is 5.91 Å². The number of hydrogen-bond donors (Lipinski definition) is 2. The molecule has 2 rings (SSSR count). The Balaban J connectivity index is 2.35. The lowest BCUT2D eigenvalue weighted by molar-refractivity contribution is 0.0862. The molecule has 0 aliphatic rings. The highest BCUT2D eigenvalue weighted by atomic mass is 31.2. The van der Waals surface area contributed by atoms with E-state index in [2.05, 4.69) is 5.32 Å². The third kappa shape index (κ3) is 5.02. The predicted octanol–water partition coefficient (Wildman–Crippen LogP) is 3.74. The molecule has 2 atom stereocenters. The van der Waals surface area contributed by atoms with Crippen LogP contribution in [0.1, 0.15) is 35.8 Å². The van der Waals surface area contributed by atoms with Crippen LogP contribution in [0.3, 0.4) is 0 Å². The highest BCUT2D eigenvalue weighted by molar-refractivity contribution is 7.54. The Kier molecular flexibility index (Phi) is 7.54. The summed E-state index contributed by atoms with van der Waals surface area (Å²) in [5, 5.41) is 13.6. The topological polar surface area (TPSA) is 84.9 Å². The van der Waals surface area contributed by atoms with Crippen molar-refractivity contribution in [1.29, 1.82) is 0 Å². The van der Waals surface area contributed by atoms with Crippen molar-refractivity contribution in [1.82, 2.24) is 5.32 Å². The highest BCUT2D eigenvalue weighted by Crippen LogP contribution is 2.55. The number of rotatable bonds is 9. The number of aliphatic hydroxyl groups is 1. The number of carbonyl (C=O) groups is 1. The molecular formula is C19H24NO5P. The van der Waals surface area contributed by atoms with Crippen LogP contribution < -0.4 is 5.32 Å². The van der Waals surface area contributed by atoms with Gasteiger partial charge in [0.2, 0.25) is 0 Å². The number of benzene rings is 2. The number of aliphatic hydroxyl groups excluding tert-OH is 1. The third-order valence-corrected chi connectivity index (χ3v) is 5.90. The van der Waals surface area contributed by atoms with Crippen molar-refractivity contribution >= 4 is 13.5 Å². The maximum Gasteiger partial charge on any atom is 0.361 e. The van der Waals surface area contributed by atoms with E-state index in [1.54, 1.807) is 68.4 Å². The van der Waals surface area contributed by atoms with Gasteiger partial charge >= 0.3 is 7.60 Å². The first-order valence-corrected chi connectivity index (χ1v) is 10.1. The van der Waals surface area contributed by atoms with Gasteiger partial charge < -0.3 is 19.5 Å². The van der Waals surface area contributed by atoms with Gasteiger partial charge in [0.05, 0.1) is 19.3 Å². The fourth-order valence-electron chi connectivity index (χ4n) is 2.54. The number of hydrogen-bond acceptors (Lipinski definition) is 5. The van der Waals surface area contributed by atoms with Crippen LogP contribution in [0.25, 0.3) is 0 Å². The van der Waals surface area contributed by atoms with E-state index in [4.69, 9.17) is 9.05 Å². The monoisotopic (exact) mass is 377 g/mol. The summed E-state index contributed by atoms with van der Waals surface area (Å²) in [7, 11) is -3.84. The zero-order valence-electron chi connectivity index (χ0n) is 14.9. The average molecular weight is 377 g/mol. The van der Waals surface area contributed by atoms with Gasteiger partial charge in [0.15, 0.2) is 5.85 Å². The van der Waals surface area contributed by atoms with Crippen molar-refractivity contribution in [2.75, 3.05) is 13.2 Å². The number of nitrogens with one attached hydrogen (secondary N) is 1. The summed E-state index contributed by atoms with van der Waals surface area (Å²) in [4.78, 5) is 12.6. The lowest BCUT2D eigenvalue weighted by atomic mass is 10.1. The maximum atomic E-state index is 13.0. The Labute approximate surface area is 153 Å². The van der Waals surface area contributed by atoms with Gasteiger partial charge in [-0.3, -0.25) is 9.36 Å². The summed E-state index contributed by atoms with van der Waals surface area (Å²) < 4.78 is 23.5. The maximum absolute atomic E-state index is 13.0. The van der Waals surface area contributed by atoms with Crippen LogP contribution in [0.15, 0.2) is 60.7 Å². The van der Waals surface area contributed by atoms with Crippen molar-refractivity contribution in [3.63, 3.8) is 0 Å². The van der Waals surface area contributed by atoms with Gasteiger partial charge in [-0.05, 0) is 31.5 Å². The van der Waals surface area contributed by atoms with E-state index >= 15 is 0 Å². The van der Waals surface area contributed by atoms with Gasteiger partial charge in [0.1, 0.15) is 0 Å². The Hall–Kier alpha value is -1.98. The molecule has 6 nitrogen and oxygen atoms in total. The van der Waals surface area contributed by atoms with Crippen LogP contribution >= 0.6 is 7.60 Å². The number of amides is 1. The molecule has 0 spiro atoms. The molecule has 0 heterocycles. The van der Waals surface area contributed by atoms with E-state index in [9.17, 15) is 14.5 Å². The molecule has 140 valence electrons. The molecule has 0 saturated heterocycles. The fourth-order valence-corrected chi connectivity index (χ4v) is 4.25. The van der Waals surface area contributed by atoms with Crippen molar-refractivity contribution < 1.29 is 23.5 Å². The third-order valence-electron chi connectivity index (χ3n) is 3.72. The quantitative estimate of drug-likeness (QED) is 0.650. The minimum Gasteiger partial charge on any atom is -0.378 e. The summed E-state index contributed by atoms with van der Waals surface area (Å²) in [5.41, 5.74) is 1.03. The molecule has 2 aromatic rings. The second-order valence-electron chi connectivity index (χ2n) is 5.52. The molecule has 0 aliphatic carbocycles. The molecule has 0 saturated carbocycles. The van der Waals surface area contributed by atoms with E-state index in [1.165, 1.54) is 0 Å². The van der Waals surface area contributed by atoms with Gasteiger partial charge in [-0.15, -0.1) is 0 Å². The molecule has 0 unspecified atom stereocenters. The second-order valence-corrected chi connectivity index (χ2v) is 7.64. The normalized spacial score (nSPS) is 13.8. The lowest BCUT2D eigenvalue weighted by Gasteiger charge is -2.29. The Bertz CT molecular complexity index is 728. The highest BCUT2D eigenvalue weighted by Gasteiger charge is 2.41. The second kappa shape index (κ2) is 9.64. The van der Waals surface area contributed by atoms with Gasteiger partial charge in [-0.1, -0.05) is 48.5 Å². The zero-order valence-corrected chi connectivity index (χ0v) is 15.8. The minimum atomic E-state index is -3.84. The Morgan fingerprint density at radius 1 is 1.00 bits per heavy atom. The molecule has 0 aromatic heterocycles. The molecule has 2 aromatic carbocycles. The molecule has 26 heavy (non-hydrogen) atoms. The SMILES string of the molecule is CCOP(=O)(OCC)[C@@H](O)[C@@H](NC(=O)c1ccccc1)c1ccccc1. The fraction of sp³-hybridized carbons (Fsp3) is 0.316. The van der Waals surface area contributed by atoms with E-state index in [1.807, 2.05) is 6.07 Å². The molecule has 0 aliphatic heterocycles. The van der Waals surface area contributed by atoms with Crippen LogP contribution in [0, 0.1) is 0 Å². The summed E-state index contributed by atoms with van der Waals surface area (Å²) in [6.07, 6.45) is 0. The van der Waals surface area contributed by atoms with Crippen molar-refractivity contribution in [2.24, 2.45) is 0 Å². The van der Waals surface area contributed by atoms with Crippen LogP contribution in [0.4, 0.5) is 0 Å². The molecular weight excluding hydrogens is 353 g/mol. The molecule has 0 bridgehead atoms. The minimum absolute atomic E-state index is 0.114. The van der Waals surface area contributed by atoms with Crippen LogP contribution in [-0.2, 0) is 13.6 Å². The first kappa shape index (κ1) is 20.3. The predicted molar refractivity (Wildman–Crippen MR) is 100.0 cm³/mol. The van der Waals surface area contributed by atoms with Crippen molar-refractivity contribution in [3.8, 4) is 0 Å². The first-order chi connectivity index (χ1) is 12.5. The molecule has 0 radical (unpaired) electrons. The first-order valence-electron chi connectivity index (χ1n) is 8.49. The van der Waals surface area contributed by atoms with Gasteiger partial charge in [-0.2, -0.15) is 0 Å². The Morgan fingerprint density at radius 2 is 1.50 bits per heavy atom. The van der Waals surface area contributed by atoms with Gasteiger partial charge in [-0.25, -0.2) is 0 Å². The van der Waals surface area contributed by atoms with Crippen LogP contribution in [0.2, 0.25) is 0 Å². The largest absolute Gasteiger partial charge is 0.378 e. The Morgan fingerprint density at radius 3 is 2.00 bits per heavy atom. The zero-order chi connectivity index (χ0) is 19.0. The number of carbonyl (C=O) groups excluding carboxylic acids is 1. The van der Waals surface area contributed by atoms with E-state index in [-0.39, 0.29) is 13.2 Å². The molecule has 2 N–H and O–H groups in total. The summed E-state index contributed by atoms with van der Waals surface area (Å²) in [6.45, 7) is 3.56. The van der Waals surface area contributed by atoms with Gasteiger partial charge in [0, 0.05) is 5.56 Å². The van der Waals surface area contributed by atoms with E-state index < -0.39 is 25.4 Å². The van der Waals surface area contributed by atoms with Crippen LogP contribution in [-0.4, -0.2) is 30.1 Å². The van der Waals surface area contributed by atoms with Crippen LogP contribution in [0.5, 0.6) is 0 Å². The molecule has 1 amide bonds. The van der Waals surface area contributed by atoms with Crippen molar-refractivity contribution in [3.05, 3.63) is 71.8 Å². The van der Waals surface area contributed by atoms with Crippen molar-refractivity contribution in [2.45, 2.75) is 25.7 Å². The standard InChI is InChI=1S/C19H24NO5P/c1-3-24-26(23,25-4-2)19(22)17(15-11-7-5-8-12-15)20-18(21)16-13-9-6-10-14-16/h5-14,17,19,22H,3-4H2,1-2H3,(H,20,21)/t17-,19+/m0/s1. The van der Waals surface area contributed by atoms with E-state index in [0.717, 1.165) is 0 Å².